The highest BCUT2D eigenvalue weighted by Gasteiger charge is 2.43. The molecule has 0 aliphatic carbocycles. The average Bonchev–Trinajstić information content (AvgIpc) is 3.00. The maximum atomic E-state index is 12.3. The Bertz CT molecular complexity index is 551. The zero-order valence-corrected chi connectivity index (χ0v) is 13.3. The van der Waals surface area contributed by atoms with E-state index in [-0.39, 0.29) is 24.0 Å². The fraction of sp³-hybridized carbons (Fsp3) is 0.588. The van der Waals surface area contributed by atoms with E-state index in [1.54, 1.807) is 6.20 Å². The molecule has 0 radical (unpaired) electrons. The van der Waals surface area contributed by atoms with E-state index >= 15 is 0 Å². The van der Waals surface area contributed by atoms with Crippen LogP contribution in [0.25, 0.3) is 0 Å². The van der Waals surface area contributed by atoms with Gasteiger partial charge in [0.15, 0.2) is 0 Å². The van der Waals surface area contributed by atoms with Gasteiger partial charge in [-0.25, -0.2) is 0 Å². The molecular formula is C17H23N3O3. The van der Waals surface area contributed by atoms with Gasteiger partial charge in [-0.2, -0.15) is 0 Å². The van der Waals surface area contributed by atoms with Crippen molar-refractivity contribution in [2.45, 2.75) is 37.7 Å². The predicted octanol–water partition coefficient (Wildman–Crippen LogP) is 0.912. The van der Waals surface area contributed by atoms with Gasteiger partial charge in [0.05, 0.1) is 6.54 Å². The lowest BCUT2D eigenvalue weighted by Crippen LogP contribution is -2.54. The molecular weight excluding hydrogens is 294 g/mol. The van der Waals surface area contributed by atoms with Gasteiger partial charge < -0.3 is 15.0 Å². The zero-order valence-electron chi connectivity index (χ0n) is 13.3. The van der Waals surface area contributed by atoms with Crippen molar-refractivity contribution in [2.24, 2.45) is 0 Å². The van der Waals surface area contributed by atoms with Gasteiger partial charge in [0.2, 0.25) is 11.8 Å². The van der Waals surface area contributed by atoms with Crippen molar-refractivity contribution in [3.63, 3.8) is 0 Å². The third-order valence-corrected chi connectivity index (χ3v) is 4.62. The fourth-order valence-electron chi connectivity index (χ4n) is 3.21. The Balaban J connectivity index is 1.38. The third-order valence-electron chi connectivity index (χ3n) is 4.62. The SMILES string of the molecule is O=C1COC2(CCN(C(=O)CCCCc3cccnc3)C2)CN1. The number of aryl methyl sites for hydroxylation is 1. The molecule has 2 aliphatic rings. The molecule has 2 aliphatic heterocycles. The number of morpholine rings is 1. The number of amides is 2. The van der Waals surface area contributed by atoms with Crippen LogP contribution in [-0.2, 0) is 20.7 Å². The van der Waals surface area contributed by atoms with E-state index in [1.807, 2.05) is 17.2 Å². The average molecular weight is 317 g/mol. The summed E-state index contributed by atoms with van der Waals surface area (Å²) in [5, 5.41) is 2.84. The van der Waals surface area contributed by atoms with Gasteiger partial charge in [-0.15, -0.1) is 0 Å². The summed E-state index contributed by atoms with van der Waals surface area (Å²) in [7, 11) is 0. The predicted molar refractivity (Wildman–Crippen MR) is 84.7 cm³/mol. The minimum absolute atomic E-state index is 0.0733. The molecule has 3 rings (SSSR count). The van der Waals surface area contributed by atoms with Crippen molar-refractivity contribution in [1.82, 2.24) is 15.2 Å². The standard InChI is InChI=1S/C17H23N3O3/c21-15-11-23-17(12-19-15)7-9-20(13-17)16(22)6-2-1-4-14-5-3-8-18-10-14/h3,5,8,10H,1-2,4,6-7,9,11-13H2,(H,19,21). The monoisotopic (exact) mass is 317 g/mol. The lowest BCUT2D eigenvalue weighted by atomic mass is 10.0. The number of nitrogens with one attached hydrogen (secondary N) is 1. The Morgan fingerprint density at radius 3 is 3.09 bits per heavy atom. The Kier molecular flexibility index (Phi) is 4.91. The lowest BCUT2D eigenvalue weighted by molar-refractivity contribution is -0.143. The first-order valence-corrected chi connectivity index (χ1v) is 8.24. The molecule has 2 fully saturated rings. The van der Waals surface area contributed by atoms with E-state index in [1.165, 1.54) is 5.56 Å². The second-order valence-corrected chi connectivity index (χ2v) is 6.38. The van der Waals surface area contributed by atoms with Crippen LogP contribution < -0.4 is 5.32 Å². The summed E-state index contributed by atoms with van der Waals surface area (Å²) in [6.45, 7) is 1.93. The molecule has 1 aromatic rings. The number of aromatic nitrogens is 1. The van der Waals surface area contributed by atoms with Gasteiger partial charge in [-0.1, -0.05) is 6.07 Å². The van der Waals surface area contributed by atoms with Crippen LogP contribution in [0.1, 0.15) is 31.2 Å². The molecule has 0 aromatic carbocycles. The van der Waals surface area contributed by atoms with Crippen molar-refractivity contribution < 1.29 is 14.3 Å². The third kappa shape index (κ3) is 4.07. The molecule has 6 heteroatoms. The summed E-state index contributed by atoms with van der Waals surface area (Å²) in [6, 6.07) is 4.00. The van der Waals surface area contributed by atoms with Gasteiger partial charge >= 0.3 is 0 Å². The highest BCUT2D eigenvalue weighted by atomic mass is 16.5. The molecule has 2 saturated heterocycles. The van der Waals surface area contributed by atoms with E-state index in [2.05, 4.69) is 16.4 Å². The van der Waals surface area contributed by atoms with E-state index in [9.17, 15) is 9.59 Å². The number of nitrogens with zero attached hydrogens (tertiary/aromatic N) is 2. The van der Waals surface area contributed by atoms with E-state index < -0.39 is 0 Å². The van der Waals surface area contributed by atoms with Crippen molar-refractivity contribution in [3.8, 4) is 0 Å². The maximum Gasteiger partial charge on any atom is 0.246 e. The van der Waals surface area contributed by atoms with Gasteiger partial charge in [0.25, 0.3) is 0 Å². The molecule has 1 N–H and O–H groups in total. The van der Waals surface area contributed by atoms with Crippen molar-refractivity contribution in [3.05, 3.63) is 30.1 Å². The number of carbonyl (C=O) groups excluding carboxylic acids is 2. The van der Waals surface area contributed by atoms with Crippen molar-refractivity contribution >= 4 is 11.8 Å². The number of rotatable bonds is 5. The smallest absolute Gasteiger partial charge is 0.246 e. The van der Waals surface area contributed by atoms with Crippen LogP contribution in [0.15, 0.2) is 24.5 Å². The first-order chi connectivity index (χ1) is 11.2. The van der Waals surface area contributed by atoms with Crippen molar-refractivity contribution in [2.75, 3.05) is 26.2 Å². The Morgan fingerprint density at radius 1 is 1.43 bits per heavy atom. The Labute approximate surface area is 136 Å². The Hall–Kier alpha value is -1.95. The summed E-state index contributed by atoms with van der Waals surface area (Å²) in [5.74, 6) is 0.115. The molecule has 0 saturated carbocycles. The van der Waals surface area contributed by atoms with Gasteiger partial charge in [0.1, 0.15) is 12.2 Å². The van der Waals surface area contributed by atoms with Crippen LogP contribution in [0.5, 0.6) is 0 Å². The minimum Gasteiger partial charge on any atom is -0.361 e. The second kappa shape index (κ2) is 7.08. The second-order valence-electron chi connectivity index (χ2n) is 6.38. The van der Waals surface area contributed by atoms with Gasteiger partial charge in [-0.05, 0) is 37.3 Å². The van der Waals surface area contributed by atoms with Crippen LogP contribution in [0.4, 0.5) is 0 Å². The molecule has 0 bridgehead atoms. The van der Waals surface area contributed by atoms with Crippen LogP contribution >= 0.6 is 0 Å². The van der Waals surface area contributed by atoms with E-state index in [4.69, 9.17) is 4.74 Å². The number of hydrogen-bond donors (Lipinski definition) is 1. The summed E-state index contributed by atoms with van der Waals surface area (Å²) < 4.78 is 5.69. The van der Waals surface area contributed by atoms with E-state index in [0.29, 0.717) is 19.5 Å². The molecule has 2 amide bonds. The number of likely N-dealkylation sites (tertiary alicyclic amines) is 1. The minimum atomic E-state index is -0.362. The fourth-order valence-corrected chi connectivity index (χ4v) is 3.21. The summed E-state index contributed by atoms with van der Waals surface area (Å²) in [5.41, 5.74) is 0.852. The number of carbonyl (C=O) groups is 2. The number of ether oxygens (including phenoxy) is 1. The summed E-state index contributed by atoms with van der Waals surface area (Å²) >= 11 is 0. The van der Waals surface area contributed by atoms with Crippen molar-refractivity contribution in [1.29, 1.82) is 0 Å². The molecule has 3 heterocycles. The zero-order chi connectivity index (χ0) is 16.1. The highest BCUT2D eigenvalue weighted by molar-refractivity contribution is 5.78. The molecule has 124 valence electrons. The highest BCUT2D eigenvalue weighted by Crippen LogP contribution is 2.27. The Morgan fingerprint density at radius 2 is 2.35 bits per heavy atom. The van der Waals surface area contributed by atoms with Gasteiger partial charge in [-0.3, -0.25) is 14.6 Å². The first-order valence-electron chi connectivity index (χ1n) is 8.24. The summed E-state index contributed by atoms with van der Waals surface area (Å²) in [4.78, 5) is 29.5. The quantitative estimate of drug-likeness (QED) is 0.820. The van der Waals surface area contributed by atoms with Crippen LogP contribution in [0.3, 0.4) is 0 Å². The molecule has 1 atom stereocenters. The molecule has 1 unspecified atom stereocenters. The van der Waals surface area contributed by atoms with Crippen LogP contribution in [0, 0.1) is 0 Å². The van der Waals surface area contributed by atoms with Gasteiger partial charge in [0, 0.05) is 31.9 Å². The first kappa shape index (κ1) is 15.9. The maximum absolute atomic E-state index is 12.3. The molecule has 1 spiro atoms. The number of hydrogen-bond acceptors (Lipinski definition) is 4. The van der Waals surface area contributed by atoms with E-state index in [0.717, 1.165) is 32.2 Å². The summed E-state index contributed by atoms with van der Waals surface area (Å²) in [6.07, 6.45) is 7.85. The number of unbranched alkanes of at least 4 members (excludes halogenated alkanes) is 1. The topological polar surface area (TPSA) is 71.5 Å². The normalized spacial score (nSPS) is 24.0. The molecule has 23 heavy (non-hydrogen) atoms. The molecule has 1 aromatic heterocycles. The largest absolute Gasteiger partial charge is 0.361 e. The number of pyridine rings is 1. The van der Waals surface area contributed by atoms with Crippen LogP contribution in [0.2, 0.25) is 0 Å². The van der Waals surface area contributed by atoms with Crippen LogP contribution in [-0.4, -0.2) is 53.5 Å². The lowest BCUT2D eigenvalue weighted by Gasteiger charge is -2.33. The molecule has 6 nitrogen and oxygen atoms in total.